The van der Waals surface area contributed by atoms with Crippen LogP contribution in [0.1, 0.15) is 34.7 Å². The minimum Gasteiger partial charge on any atom is -0.477 e. The summed E-state index contributed by atoms with van der Waals surface area (Å²) in [5.74, 6) is 0.583. The van der Waals surface area contributed by atoms with Crippen molar-refractivity contribution in [2.75, 3.05) is 14.2 Å². The molecular weight excluding hydrogens is 317 g/mol. The van der Waals surface area contributed by atoms with Gasteiger partial charge in [0.25, 0.3) is 11.8 Å². The van der Waals surface area contributed by atoms with Gasteiger partial charge < -0.3 is 9.47 Å². The van der Waals surface area contributed by atoms with Gasteiger partial charge in [0.15, 0.2) is 0 Å². The number of benzene rings is 1. The van der Waals surface area contributed by atoms with E-state index in [1.54, 1.807) is 24.4 Å². The lowest BCUT2D eigenvalue weighted by molar-refractivity contribution is 0.308. The second kappa shape index (κ2) is 6.42. The van der Waals surface area contributed by atoms with Gasteiger partial charge in [-0.2, -0.15) is 5.26 Å². The number of nitriles is 1. The standard InChI is InChI=1S/C16H14FN3O2S/c1-21-15-16(22-2)20-12(8-19-15)14-6-11(17)10-5-9(7-18)3-4-13(10)23-14/h3-5,8,11,14H,6H2,1-2H3. The summed E-state index contributed by atoms with van der Waals surface area (Å²) in [6.45, 7) is 0. The number of halogens is 1. The van der Waals surface area contributed by atoms with Gasteiger partial charge in [-0.25, -0.2) is 14.4 Å². The Kier molecular flexibility index (Phi) is 4.35. The number of aromatic nitrogens is 2. The van der Waals surface area contributed by atoms with E-state index < -0.39 is 6.17 Å². The van der Waals surface area contributed by atoms with E-state index in [1.165, 1.54) is 26.0 Å². The molecule has 0 saturated carbocycles. The number of alkyl halides is 1. The van der Waals surface area contributed by atoms with Crippen LogP contribution in [-0.2, 0) is 0 Å². The van der Waals surface area contributed by atoms with Crippen LogP contribution in [0.5, 0.6) is 11.8 Å². The van der Waals surface area contributed by atoms with E-state index in [4.69, 9.17) is 14.7 Å². The first kappa shape index (κ1) is 15.6. The number of hydrogen-bond acceptors (Lipinski definition) is 6. The normalized spacial score (nSPS) is 19.6. The van der Waals surface area contributed by atoms with E-state index in [1.807, 2.05) is 6.07 Å². The zero-order valence-corrected chi connectivity index (χ0v) is 13.4. The van der Waals surface area contributed by atoms with Gasteiger partial charge in [-0.15, -0.1) is 11.8 Å². The second-order valence-electron chi connectivity index (χ2n) is 4.99. The Morgan fingerprint density at radius 2 is 2.09 bits per heavy atom. The Bertz CT molecular complexity index is 778. The van der Waals surface area contributed by atoms with Crippen LogP contribution in [0.4, 0.5) is 4.39 Å². The molecule has 1 aromatic heterocycles. The lowest BCUT2D eigenvalue weighted by Crippen LogP contribution is -2.10. The van der Waals surface area contributed by atoms with Crippen LogP contribution >= 0.6 is 11.8 Å². The average Bonchev–Trinajstić information content (AvgIpc) is 2.60. The maximum Gasteiger partial charge on any atom is 0.278 e. The summed E-state index contributed by atoms with van der Waals surface area (Å²) >= 11 is 1.52. The van der Waals surface area contributed by atoms with Crippen molar-refractivity contribution in [3.8, 4) is 17.8 Å². The number of nitrogens with zero attached hydrogens (tertiary/aromatic N) is 3. The molecular formula is C16H14FN3O2S. The van der Waals surface area contributed by atoms with Crippen molar-refractivity contribution in [3.05, 3.63) is 41.2 Å². The highest BCUT2D eigenvalue weighted by Crippen LogP contribution is 2.50. The molecule has 0 fully saturated rings. The molecule has 1 aliphatic rings. The summed E-state index contributed by atoms with van der Waals surface area (Å²) in [5, 5.41) is 8.77. The number of rotatable bonds is 3. The first-order valence-electron chi connectivity index (χ1n) is 6.96. The van der Waals surface area contributed by atoms with Crippen LogP contribution in [0, 0.1) is 11.3 Å². The Hall–Kier alpha value is -2.33. The predicted molar refractivity (Wildman–Crippen MR) is 83.4 cm³/mol. The van der Waals surface area contributed by atoms with E-state index in [-0.39, 0.29) is 17.6 Å². The molecule has 0 spiro atoms. The monoisotopic (exact) mass is 331 g/mol. The summed E-state index contributed by atoms with van der Waals surface area (Å²) in [7, 11) is 2.98. The fourth-order valence-corrected chi connectivity index (χ4v) is 3.75. The number of methoxy groups -OCH3 is 2. The molecule has 0 amide bonds. The fraction of sp³-hybridized carbons (Fsp3) is 0.312. The van der Waals surface area contributed by atoms with Gasteiger partial charge in [-0.3, -0.25) is 0 Å². The van der Waals surface area contributed by atoms with Crippen molar-refractivity contribution in [2.45, 2.75) is 22.7 Å². The zero-order valence-electron chi connectivity index (χ0n) is 12.6. The third kappa shape index (κ3) is 2.94. The van der Waals surface area contributed by atoms with Crippen LogP contribution in [0.2, 0.25) is 0 Å². The molecule has 2 heterocycles. The summed E-state index contributed by atoms with van der Waals surface area (Å²) in [5.41, 5.74) is 1.68. The van der Waals surface area contributed by atoms with Gasteiger partial charge in [0.1, 0.15) is 6.17 Å². The predicted octanol–water partition coefficient (Wildman–Crippen LogP) is 3.61. The molecule has 3 rings (SSSR count). The maximum absolute atomic E-state index is 14.5. The highest BCUT2D eigenvalue weighted by molar-refractivity contribution is 7.99. The quantitative estimate of drug-likeness (QED) is 0.856. The molecule has 23 heavy (non-hydrogen) atoms. The van der Waals surface area contributed by atoms with E-state index in [9.17, 15) is 4.39 Å². The molecule has 7 heteroatoms. The highest BCUT2D eigenvalue weighted by Gasteiger charge is 2.30. The molecule has 0 radical (unpaired) electrons. The Morgan fingerprint density at radius 1 is 1.30 bits per heavy atom. The van der Waals surface area contributed by atoms with Crippen molar-refractivity contribution < 1.29 is 13.9 Å². The second-order valence-corrected chi connectivity index (χ2v) is 6.23. The summed E-state index contributed by atoms with van der Waals surface area (Å²) < 4.78 is 24.8. The molecule has 0 aliphatic carbocycles. The molecule has 2 unspecified atom stereocenters. The SMILES string of the molecule is COc1ncc(C2CC(F)c3cc(C#N)ccc3S2)nc1OC. The lowest BCUT2D eigenvalue weighted by atomic mass is 10.0. The van der Waals surface area contributed by atoms with Gasteiger partial charge in [0.05, 0.1) is 43.0 Å². The number of fused-ring (bicyclic) bond motifs is 1. The molecule has 1 aliphatic heterocycles. The first-order chi connectivity index (χ1) is 11.2. The summed E-state index contributed by atoms with van der Waals surface area (Å²) in [6, 6.07) is 7.13. The number of thioether (sulfide) groups is 1. The molecule has 0 bridgehead atoms. The van der Waals surface area contributed by atoms with Crippen LogP contribution in [-0.4, -0.2) is 24.2 Å². The van der Waals surface area contributed by atoms with E-state index in [0.717, 1.165) is 4.90 Å². The van der Waals surface area contributed by atoms with Crippen LogP contribution < -0.4 is 9.47 Å². The van der Waals surface area contributed by atoms with E-state index in [2.05, 4.69) is 9.97 Å². The molecule has 5 nitrogen and oxygen atoms in total. The van der Waals surface area contributed by atoms with E-state index >= 15 is 0 Å². The van der Waals surface area contributed by atoms with Gasteiger partial charge in [-0.05, 0) is 18.2 Å². The molecule has 0 N–H and O–H groups in total. The molecule has 2 atom stereocenters. The molecule has 1 aromatic carbocycles. The average molecular weight is 331 g/mol. The summed E-state index contributed by atoms with van der Waals surface area (Å²) in [6.07, 6.45) is 0.719. The van der Waals surface area contributed by atoms with Crippen molar-refractivity contribution in [1.82, 2.24) is 9.97 Å². The van der Waals surface area contributed by atoms with Crippen molar-refractivity contribution in [3.63, 3.8) is 0 Å². The summed E-state index contributed by atoms with van der Waals surface area (Å²) in [4.78, 5) is 9.36. The Balaban J connectivity index is 1.93. The lowest BCUT2D eigenvalue weighted by Gasteiger charge is -2.26. The topological polar surface area (TPSA) is 68.0 Å². The largest absolute Gasteiger partial charge is 0.477 e. The Labute approximate surface area is 137 Å². The van der Waals surface area contributed by atoms with Crippen LogP contribution in [0.25, 0.3) is 0 Å². The minimum atomic E-state index is -1.14. The van der Waals surface area contributed by atoms with Crippen molar-refractivity contribution >= 4 is 11.8 Å². The smallest absolute Gasteiger partial charge is 0.278 e. The van der Waals surface area contributed by atoms with Crippen molar-refractivity contribution in [1.29, 1.82) is 5.26 Å². The minimum absolute atomic E-state index is 0.169. The molecule has 118 valence electrons. The number of hydrogen-bond donors (Lipinski definition) is 0. The first-order valence-corrected chi connectivity index (χ1v) is 7.84. The van der Waals surface area contributed by atoms with Crippen LogP contribution in [0.3, 0.4) is 0 Å². The van der Waals surface area contributed by atoms with Gasteiger partial charge in [-0.1, -0.05) is 0 Å². The zero-order chi connectivity index (χ0) is 16.4. The van der Waals surface area contributed by atoms with Crippen LogP contribution in [0.15, 0.2) is 29.3 Å². The van der Waals surface area contributed by atoms with E-state index in [0.29, 0.717) is 22.7 Å². The molecule has 0 saturated heterocycles. The number of ether oxygens (including phenoxy) is 2. The van der Waals surface area contributed by atoms with Crippen molar-refractivity contribution in [2.24, 2.45) is 0 Å². The van der Waals surface area contributed by atoms with Gasteiger partial charge >= 0.3 is 0 Å². The van der Waals surface area contributed by atoms with Gasteiger partial charge in [0, 0.05) is 16.9 Å². The third-order valence-corrected chi connectivity index (χ3v) is 4.96. The highest BCUT2D eigenvalue weighted by atomic mass is 32.2. The van der Waals surface area contributed by atoms with Gasteiger partial charge in [0.2, 0.25) is 0 Å². The third-order valence-electron chi connectivity index (χ3n) is 3.61. The maximum atomic E-state index is 14.5. The fourth-order valence-electron chi connectivity index (χ4n) is 2.47. The molecule has 2 aromatic rings. The Morgan fingerprint density at radius 3 is 2.78 bits per heavy atom.